The van der Waals surface area contributed by atoms with E-state index in [0.717, 1.165) is 11.8 Å². The van der Waals surface area contributed by atoms with Crippen molar-refractivity contribution in [3.8, 4) is 0 Å². The van der Waals surface area contributed by atoms with Crippen LogP contribution in [-0.2, 0) is 0 Å². The van der Waals surface area contributed by atoms with Crippen molar-refractivity contribution < 1.29 is 0 Å². The Morgan fingerprint density at radius 1 is 1.09 bits per heavy atom. The molecule has 1 fully saturated rings. The maximum Gasteiger partial charge on any atom is -0.00464 e. The summed E-state index contributed by atoms with van der Waals surface area (Å²) in [5.74, 6) is 1.81. The SMILES string of the molecule is CC(C)C.CC1CCNCC1. The molecule has 1 nitrogen and oxygen atoms in total. The van der Waals surface area contributed by atoms with Gasteiger partial charge in [-0.15, -0.1) is 0 Å². The van der Waals surface area contributed by atoms with E-state index in [1.807, 2.05) is 0 Å². The van der Waals surface area contributed by atoms with Crippen molar-refractivity contribution in [2.75, 3.05) is 13.1 Å². The first-order chi connectivity index (χ1) is 5.13. The monoisotopic (exact) mass is 157 g/mol. The van der Waals surface area contributed by atoms with E-state index in [4.69, 9.17) is 0 Å². The summed E-state index contributed by atoms with van der Waals surface area (Å²) in [5.41, 5.74) is 0. The van der Waals surface area contributed by atoms with Crippen molar-refractivity contribution >= 4 is 0 Å². The standard InChI is InChI=1S/C6H13N.C4H10/c1-6-2-4-7-5-3-6;1-4(2)3/h6-7H,2-5H2,1H3;4H,1-3H3. The van der Waals surface area contributed by atoms with Gasteiger partial charge in [0.25, 0.3) is 0 Å². The zero-order chi connectivity index (χ0) is 8.69. The van der Waals surface area contributed by atoms with Gasteiger partial charge in [0.05, 0.1) is 0 Å². The molecule has 1 rings (SSSR count). The molecular formula is C10H23N. The van der Waals surface area contributed by atoms with Crippen molar-refractivity contribution in [2.45, 2.75) is 40.5 Å². The number of hydrogen-bond acceptors (Lipinski definition) is 1. The van der Waals surface area contributed by atoms with Crippen LogP contribution in [0.3, 0.4) is 0 Å². The Kier molecular flexibility index (Phi) is 6.63. The Hall–Kier alpha value is -0.0400. The third-order valence-corrected chi connectivity index (χ3v) is 1.63. The minimum Gasteiger partial charge on any atom is -0.317 e. The van der Waals surface area contributed by atoms with Gasteiger partial charge < -0.3 is 5.32 Å². The van der Waals surface area contributed by atoms with E-state index in [0.29, 0.717) is 0 Å². The second-order valence-electron chi connectivity index (χ2n) is 4.16. The van der Waals surface area contributed by atoms with Crippen LogP contribution < -0.4 is 5.32 Å². The van der Waals surface area contributed by atoms with Crippen molar-refractivity contribution in [2.24, 2.45) is 11.8 Å². The van der Waals surface area contributed by atoms with Crippen molar-refractivity contribution in [1.82, 2.24) is 5.32 Å². The summed E-state index contributed by atoms with van der Waals surface area (Å²) in [6.45, 7) is 11.3. The molecule has 0 radical (unpaired) electrons. The largest absolute Gasteiger partial charge is 0.317 e. The van der Waals surface area contributed by atoms with E-state index in [2.05, 4.69) is 33.0 Å². The topological polar surface area (TPSA) is 12.0 Å². The molecule has 0 aromatic rings. The fraction of sp³-hybridized carbons (Fsp3) is 1.00. The van der Waals surface area contributed by atoms with Gasteiger partial charge in [-0.3, -0.25) is 0 Å². The van der Waals surface area contributed by atoms with Crippen LogP contribution in [0.1, 0.15) is 40.5 Å². The summed E-state index contributed by atoms with van der Waals surface area (Å²) < 4.78 is 0. The number of nitrogens with one attached hydrogen (secondary N) is 1. The molecule has 1 N–H and O–H groups in total. The minimum absolute atomic E-state index is 0.833. The van der Waals surface area contributed by atoms with Crippen molar-refractivity contribution in [3.63, 3.8) is 0 Å². The maximum atomic E-state index is 3.32. The predicted molar refractivity (Wildman–Crippen MR) is 51.8 cm³/mol. The van der Waals surface area contributed by atoms with Crippen molar-refractivity contribution in [3.05, 3.63) is 0 Å². The lowest BCUT2D eigenvalue weighted by atomic mass is 10.0. The van der Waals surface area contributed by atoms with Gasteiger partial charge in [-0.2, -0.15) is 0 Å². The summed E-state index contributed by atoms with van der Waals surface area (Å²) in [6.07, 6.45) is 2.75. The van der Waals surface area contributed by atoms with Gasteiger partial charge >= 0.3 is 0 Å². The normalized spacial score (nSPS) is 19.4. The zero-order valence-electron chi connectivity index (χ0n) is 8.48. The summed E-state index contributed by atoms with van der Waals surface area (Å²) >= 11 is 0. The maximum absolute atomic E-state index is 3.32. The lowest BCUT2D eigenvalue weighted by Crippen LogP contribution is -2.26. The van der Waals surface area contributed by atoms with Gasteiger partial charge in [0, 0.05) is 0 Å². The summed E-state index contributed by atoms with van der Waals surface area (Å²) in [7, 11) is 0. The smallest absolute Gasteiger partial charge is 0.00464 e. The van der Waals surface area contributed by atoms with Crippen LogP contribution in [0.25, 0.3) is 0 Å². The van der Waals surface area contributed by atoms with Gasteiger partial charge in [0.1, 0.15) is 0 Å². The molecule has 0 aliphatic carbocycles. The minimum atomic E-state index is 0.833. The molecule has 1 aliphatic heterocycles. The highest BCUT2D eigenvalue weighted by atomic mass is 14.9. The molecular weight excluding hydrogens is 134 g/mol. The summed E-state index contributed by atoms with van der Waals surface area (Å²) in [4.78, 5) is 0. The molecule has 0 amide bonds. The fourth-order valence-corrected chi connectivity index (χ4v) is 0.966. The van der Waals surface area contributed by atoms with E-state index in [1.165, 1.54) is 25.9 Å². The zero-order valence-corrected chi connectivity index (χ0v) is 8.48. The van der Waals surface area contributed by atoms with E-state index in [-0.39, 0.29) is 0 Å². The molecule has 0 atom stereocenters. The van der Waals surface area contributed by atoms with Crippen LogP contribution in [-0.4, -0.2) is 13.1 Å². The molecule has 68 valence electrons. The van der Waals surface area contributed by atoms with Crippen molar-refractivity contribution in [1.29, 1.82) is 0 Å². The number of rotatable bonds is 0. The van der Waals surface area contributed by atoms with Gasteiger partial charge in [-0.05, 0) is 37.8 Å². The summed E-state index contributed by atoms with van der Waals surface area (Å²) in [6, 6.07) is 0. The Bertz CT molecular complexity index is 70.2. The van der Waals surface area contributed by atoms with Gasteiger partial charge in [0.2, 0.25) is 0 Å². The average molecular weight is 157 g/mol. The lowest BCUT2D eigenvalue weighted by Gasteiger charge is -2.17. The van der Waals surface area contributed by atoms with Crippen LogP contribution >= 0.6 is 0 Å². The van der Waals surface area contributed by atoms with Crippen LogP contribution in [0.15, 0.2) is 0 Å². The van der Waals surface area contributed by atoms with Crippen LogP contribution in [0.4, 0.5) is 0 Å². The van der Waals surface area contributed by atoms with Crippen LogP contribution in [0.5, 0.6) is 0 Å². The fourth-order valence-electron chi connectivity index (χ4n) is 0.966. The number of hydrogen-bond donors (Lipinski definition) is 1. The summed E-state index contributed by atoms with van der Waals surface area (Å²) in [5, 5.41) is 3.32. The van der Waals surface area contributed by atoms with Gasteiger partial charge in [0.15, 0.2) is 0 Å². The second kappa shape index (κ2) is 6.66. The first-order valence-corrected chi connectivity index (χ1v) is 4.83. The van der Waals surface area contributed by atoms with Crippen LogP contribution in [0, 0.1) is 11.8 Å². The third-order valence-electron chi connectivity index (χ3n) is 1.63. The second-order valence-corrected chi connectivity index (χ2v) is 4.16. The molecule has 0 saturated carbocycles. The molecule has 1 heteroatoms. The molecule has 0 aromatic carbocycles. The Labute approximate surface area is 71.6 Å². The molecule has 0 aromatic heterocycles. The van der Waals surface area contributed by atoms with Gasteiger partial charge in [-0.1, -0.05) is 27.7 Å². The molecule has 0 spiro atoms. The van der Waals surface area contributed by atoms with Gasteiger partial charge in [-0.25, -0.2) is 0 Å². The molecule has 0 bridgehead atoms. The quantitative estimate of drug-likeness (QED) is 0.570. The third kappa shape index (κ3) is 9.96. The first kappa shape index (κ1) is 11.0. The van der Waals surface area contributed by atoms with Crippen LogP contribution in [0.2, 0.25) is 0 Å². The Balaban J connectivity index is 0.000000218. The highest BCUT2D eigenvalue weighted by Gasteiger charge is 2.04. The van der Waals surface area contributed by atoms with E-state index < -0.39 is 0 Å². The van der Waals surface area contributed by atoms with E-state index >= 15 is 0 Å². The molecule has 1 aliphatic rings. The average Bonchev–Trinajstić information content (AvgIpc) is 1.87. The highest BCUT2D eigenvalue weighted by molar-refractivity contribution is 4.62. The van der Waals surface area contributed by atoms with E-state index in [1.54, 1.807) is 0 Å². The molecule has 11 heavy (non-hydrogen) atoms. The lowest BCUT2D eigenvalue weighted by molar-refractivity contribution is 0.402. The Morgan fingerprint density at radius 3 is 1.64 bits per heavy atom. The Morgan fingerprint density at radius 2 is 1.45 bits per heavy atom. The first-order valence-electron chi connectivity index (χ1n) is 4.83. The molecule has 1 saturated heterocycles. The highest BCUT2D eigenvalue weighted by Crippen LogP contribution is 2.08. The molecule has 1 heterocycles. The predicted octanol–water partition coefficient (Wildman–Crippen LogP) is 2.67. The number of piperidine rings is 1. The molecule has 0 unspecified atom stereocenters. The van der Waals surface area contributed by atoms with E-state index in [9.17, 15) is 0 Å².